The van der Waals surface area contributed by atoms with Crippen LogP contribution in [0.5, 0.6) is 5.75 Å². The number of ether oxygens (including phenoxy) is 1. The van der Waals surface area contributed by atoms with Gasteiger partial charge in [0.2, 0.25) is 0 Å². The Bertz CT molecular complexity index is 1150. The fourth-order valence-electron chi connectivity index (χ4n) is 4.19. The molecule has 0 radical (unpaired) electrons. The van der Waals surface area contributed by atoms with Crippen LogP contribution in [-0.4, -0.2) is 6.61 Å². The molecule has 1 nitrogen and oxygen atoms in total. The van der Waals surface area contributed by atoms with Gasteiger partial charge in [-0.1, -0.05) is 48.0 Å². The first kappa shape index (κ1) is 18.6. The van der Waals surface area contributed by atoms with Gasteiger partial charge in [-0.15, -0.1) is 0 Å². The summed E-state index contributed by atoms with van der Waals surface area (Å²) in [7, 11) is 0. The summed E-state index contributed by atoms with van der Waals surface area (Å²) in [5.74, 6) is 0.947. The van der Waals surface area contributed by atoms with Crippen molar-refractivity contribution in [2.45, 2.75) is 40.5 Å². The van der Waals surface area contributed by atoms with Crippen molar-refractivity contribution in [3.63, 3.8) is 0 Å². The molecule has 4 aromatic carbocycles. The Morgan fingerprint density at radius 1 is 0.714 bits per heavy atom. The lowest BCUT2D eigenvalue weighted by molar-refractivity contribution is 0.340. The Kier molecular flexibility index (Phi) is 5.09. The fourth-order valence-corrected chi connectivity index (χ4v) is 4.19. The predicted octanol–water partition coefficient (Wildman–Crippen LogP) is 7.10. The van der Waals surface area contributed by atoms with Gasteiger partial charge < -0.3 is 4.74 Å². The van der Waals surface area contributed by atoms with Gasteiger partial charge in [0.25, 0.3) is 0 Å². The first-order valence-electron chi connectivity index (χ1n) is 10.2. The summed E-state index contributed by atoms with van der Waals surface area (Å²) in [4.78, 5) is 0. The average molecular weight is 369 g/mol. The van der Waals surface area contributed by atoms with E-state index in [4.69, 9.17) is 4.74 Å². The molecule has 0 bridgehead atoms. The van der Waals surface area contributed by atoms with E-state index in [1.807, 2.05) is 6.92 Å². The third-order valence-electron chi connectivity index (χ3n) is 5.75. The highest BCUT2D eigenvalue weighted by Crippen LogP contribution is 2.31. The van der Waals surface area contributed by atoms with Gasteiger partial charge in [-0.05, 0) is 103 Å². The third-order valence-corrected chi connectivity index (χ3v) is 5.75. The van der Waals surface area contributed by atoms with Crippen molar-refractivity contribution < 1.29 is 4.74 Å². The van der Waals surface area contributed by atoms with Crippen LogP contribution in [0.2, 0.25) is 0 Å². The fraction of sp³-hybridized carbons (Fsp3) is 0.259. The molecule has 0 heterocycles. The third kappa shape index (κ3) is 3.62. The summed E-state index contributed by atoms with van der Waals surface area (Å²) in [6, 6.07) is 22.4. The van der Waals surface area contributed by atoms with E-state index in [2.05, 4.69) is 81.4 Å². The zero-order chi connectivity index (χ0) is 19.7. The van der Waals surface area contributed by atoms with Crippen LogP contribution < -0.4 is 4.74 Å². The van der Waals surface area contributed by atoms with E-state index in [-0.39, 0.29) is 0 Å². The minimum absolute atomic E-state index is 0.696. The molecule has 0 atom stereocenters. The van der Waals surface area contributed by atoms with Crippen molar-refractivity contribution >= 4 is 21.5 Å². The Morgan fingerprint density at radius 3 is 2.36 bits per heavy atom. The summed E-state index contributed by atoms with van der Waals surface area (Å²) in [5, 5.41) is 5.21. The highest BCUT2D eigenvalue weighted by atomic mass is 16.5. The van der Waals surface area contributed by atoms with E-state index >= 15 is 0 Å². The van der Waals surface area contributed by atoms with Gasteiger partial charge in [0, 0.05) is 0 Å². The van der Waals surface area contributed by atoms with Gasteiger partial charge in [0.05, 0.1) is 6.61 Å². The van der Waals surface area contributed by atoms with Crippen molar-refractivity contribution in [3.05, 3.63) is 88.5 Å². The van der Waals surface area contributed by atoms with Crippen LogP contribution in [0, 0.1) is 20.8 Å². The van der Waals surface area contributed by atoms with Crippen molar-refractivity contribution in [1.82, 2.24) is 0 Å². The smallest absolute Gasteiger partial charge is 0.119 e. The monoisotopic (exact) mass is 368 g/mol. The molecule has 0 fully saturated rings. The lowest BCUT2D eigenvalue weighted by Gasteiger charge is -2.12. The van der Waals surface area contributed by atoms with Gasteiger partial charge in [0.15, 0.2) is 0 Å². The predicted molar refractivity (Wildman–Crippen MR) is 121 cm³/mol. The standard InChI is InChI=1S/C27H28O/c1-5-28-25-12-11-23-16-24-15-21(8-13-26(24)20(4)27(23)17-25)7-10-22-9-6-18(2)14-19(22)3/h6,8-9,11-17H,5,7,10H2,1-4H3. The number of benzene rings is 4. The maximum Gasteiger partial charge on any atom is 0.119 e. The Balaban J connectivity index is 1.66. The van der Waals surface area contributed by atoms with E-state index in [1.165, 1.54) is 49.4 Å². The van der Waals surface area contributed by atoms with Gasteiger partial charge in [-0.25, -0.2) is 0 Å². The van der Waals surface area contributed by atoms with Gasteiger partial charge >= 0.3 is 0 Å². The molecule has 0 unspecified atom stereocenters. The maximum absolute atomic E-state index is 5.69. The van der Waals surface area contributed by atoms with Crippen molar-refractivity contribution in [2.75, 3.05) is 6.61 Å². The molecule has 0 spiro atoms. The molecule has 0 aliphatic carbocycles. The second-order valence-corrected chi connectivity index (χ2v) is 7.80. The summed E-state index contributed by atoms with van der Waals surface area (Å²) >= 11 is 0. The van der Waals surface area contributed by atoms with Crippen molar-refractivity contribution in [1.29, 1.82) is 0 Å². The maximum atomic E-state index is 5.69. The summed E-state index contributed by atoms with van der Waals surface area (Å²) in [6.07, 6.45) is 2.15. The first-order chi connectivity index (χ1) is 13.5. The van der Waals surface area contributed by atoms with Gasteiger partial charge in [-0.3, -0.25) is 0 Å². The van der Waals surface area contributed by atoms with Crippen LogP contribution in [0.1, 0.15) is 34.7 Å². The average Bonchev–Trinajstić information content (AvgIpc) is 2.68. The van der Waals surface area contributed by atoms with Crippen LogP contribution >= 0.6 is 0 Å². The van der Waals surface area contributed by atoms with Crippen molar-refractivity contribution in [3.8, 4) is 5.75 Å². The number of rotatable bonds is 5. The van der Waals surface area contributed by atoms with E-state index in [0.29, 0.717) is 6.61 Å². The normalized spacial score (nSPS) is 11.3. The molecule has 0 aromatic heterocycles. The SMILES string of the molecule is CCOc1ccc2cc3cc(CCc4ccc(C)cc4C)ccc3c(C)c2c1. The molecule has 4 rings (SSSR count). The number of fused-ring (bicyclic) bond motifs is 2. The molecular formula is C27H28O. The Morgan fingerprint density at radius 2 is 1.57 bits per heavy atom. The molecule has 0 saturated heterocycles. The molecule has 0 aliphatic heterocycles. The Hall–Kier alpha value is -2.80. The van der Waals surface area contributed by atoms with Crippen LogP contribution in [0.3, 0.4) is 0 Å². The first-order valence-corrected chi connectivity index (χ1v) is 10.2. The van der Waals surface area contributed by atoms with E-state index in [9.17, 15) is 0 Å². The van der Waals surface area contributed by atoms with Gasteiger partial charge in [-0.2, -0.15) is 0 Å². The number of aryl methyl sites for hydroxylation is 5. The second kappa shape index (κ2) is 7.67. The Labute approximate surface area is 168 Å². The summed E-state index contributed by atoms with van der Waals surface area (Å²) in [6.45, 7) is 9.31. The molecule has 4 aromatic rings. The minimum Gasteiger partial charge on any atom is -0.494 e. The van der Waals surface area contributed by atoms with Crippen LogP contribution in [0.25, 0.3) is 21.5 Å². The number of hydrogen-bond donors (Lipinski definition) is 0. The molecule has 1 heteroatoms. The zero-order valence-electron chi connectivity index (χ0n) is 17.3. The lowest BCUT2D eigenvalue weighted by atomic mass is 9.94. The number of hydrogen-bond acceptors (Lipinski definition) is 1. The van der Waals surface area contributed by atoms with E-state index < -0.39 is 0 Å². The summed E-state index contributed by atoms with van der Waals surface area (Å²) < 4.78 is 5.69. The summed E-state index contributed by atoms with van der Waals surface area (Å²) in [5.41, 5.74) is 6.91. The molecule has 0 saturated carbocycles. The van der Waals surface area contributed by atoms with Crippen LogP contribution in [0.4, 0.5) is 0 Å². The quantitative estimate of drug-likeness (QED) is 0.341. The van der Waals surface area contributed by atoms with Gasteiger partial charge in [0.1, 0.15) is 5.75 Å². The van der Waals surface area contributed by atoms with Crippen LogP contribution in [0.15, 0.2) is 60.7 Å². The zero-order valence-corrected chi connectivity index (χ0v) is 17.3. The molecule has 0 amide bonds. The second-order valence-electron chi connectivity index (χ2n) is 7.80. The largest absolute Gasteiger partial charge is 0.494 e. The minimum atomic E-state index is 0.696. The molecule has 28 heavy (non-hydrogen) atoms. The van der Waals surface area contributed by atoms with Crippen LogP contribution in [-0.2, 0) is 12.8 Å². The van der Waals surface area contributed by atoms with E-state index in [1.54, 1.807) is 0 Å². The topological polar surface area (TPSA) is 9.23 Å². The highest BCUT2D eigenvalue weighted by molar-refractivity contribution is 6.02. The van der Waals surface area contributed by atoms with Crippen molar-refractivity contribution in [2.24, 2.45) is 0 Å². The van der Waals surface area contributed by atoms with E-state index in [0.717, 1.165) is 18.6 Å². The lowest BCUT2D eigenvalue weighted by Crippen LogP contribution is -1.95. The molecular weight excluding hydrogens is 340 g/mol. The highest BCUT2D eigenvalue weighted by Gasteiger charge is 2.07. The molecule has 142 valence electrons. The molecule has 0 aliphatic rings. The molecule has 0 N–H and O–H groups in total.